The fourth-order valence-electron chi connectivity index (χ4n) is 1.82. The first kappa shape index (κ1) is 15.7. The number of halogens is 1. The van der Waals surface area contributed by atoms with Crippen molar-refractivity contribution in [2.45, 2.75) is 39.5 Å². The number of thiophene rings is 1. The first-order valence-corrected chi connectivity index (χ1v) is 8.75. The van der Waals surface area contributed by atoms with Crippen molar-refractivity contribution in [1.82, 2.24) is 9.97 Å². The number of rotatable bonds is 4. The molecule has 0 radical (unpaired) electrons. The summed E-state index contributed by atoms with van der Waals surface area (Å²) < 4.78 is 1.13. The van der Waals surface area contributed by atoms with E-state index in [1.165, 1.54) is 0 Å². The van der Waals surface area contributed by atoms with Gasteiger partial charge in [0.25, 0.3) is 0 Å². The van der Waals surface area contributed by atoms with E-state index in [4.69, 9.17) is 9.97 Å². The molecule has 2 rings (SSSR count). The number of nitrogens with one attached hydrogen (secondary N) is 1. The molecular formula is C15H20IN3S. The first-order chi connectivity index (χ1) is 9.43. The summed E-state index contributed by atoms with van der Waals surface area (Å²) in [5.74, 6) is 1.78. The van der Waals surface area contributed by atoms with Crippen molar-refractivity contribution in [2.75, 3.05) is 11.9 Å². The number of nitrogens with zero attached hydrogens (tertiary/aromatic N) is 2. The molecule has 0 aliphatic heterocycles. The topological polar surface area (TPSA) is 37.8 Å². The molecule has 0 bridgehead atoms. The summed E-state index contributed by atoms with van der Waals surface area (Å²) in [4.78, 5) is 10.6. The van der Waals surface area contributed by atoms with Gasteiger partial charge < -0.3 is 5.32 Å². The Balaban J connectivity index is 2.54. The second-order valence-corrected chi connectivity index (χ2v) is 7.74. The molecule has 2 aromatic rings. The SMILES string of the molecule is CCCNc1nc(-c2cccs2)nc(C(C)(C)C)c1I. The zero-order chi connectivity index (χ0) is 14.8. The Morgan fingerprint density at radius 1 is 1.30 bits per heavy atom. The quantitative estimate of drug-likeness (QED) is 0.739. The normalized spacial score (nSPS) is 11.7. The maximum absolute atomic E-state index is 4.81. The monoisotopic (exact) mass is 401 g/mol. The molecule has 0 spiro atoms. The predicted molar refractivity (Wildman–Crippen MR) is 95.5 cm³/mol. The highest BCUT2D eigenvalue weighted by atomic mass is 127. The molecule has 0 unspecified atom stereocenters. The fraction of sp³-hybridized carbons (Fsp3) is 0.467. The highest BCUT2D eigenvalue weighted by molar-refractivity contribution is 14.1. The Morgan fingerprint density at radius 2 is 2.05 bits per heavy atom. The highest BCUT2D eigenvalue weighted by Gasteiger charge is 2.23. The third kappa shape index (κ3) is 3.49. The van der Waals surface area contributed by atoms with Crippen LogP contribution < -0.4 is 5.32 Å². The molecule has 0 saturated heterocycles. The fourth-order valence-corrected chi connectivity index (χ4v) is 3.72. The van der Waals surface area contributed by atoms with Crippen molar-refractivity contribution >= 4 is 39.7 Å². The van der Waals surface area contributed by atoms with Crippen LogP contribution in [-0.4, -0.2) is 16.5 Å². The van der Waals surface area contributed by atoms with Gasteiger partial charge in [-0.3, -0.25) is 0 Å². The van der Waals surface area contributed by atoms with E-state index in [0.29, 0.717) is 0 Å². The van der Waals surface area contributed by atoms with Crippen LogP contribution in [0.25, 0.3) is 10.7 Å². The zero-order valence-electron chi connectivity index (χ0n) is 12.3. The van der Waals surface area contributed by atoms with Crippen LogP contribution in [0.5, 0.6) is 0 Å². The van der Waals surface area contributed by atoms with E-state index >= 15 is 0 Å². The molecule has 1 N–H and O–H groups in total. The average Bonchev–Trinajstić information content (AvgIpc) is 2.90. The summed E-state index contributed by atoms with van der Waals surface area (Å²) in [6.45, 7) is 9.67. The van der Waals surface area contributed by atoms with Gasteiger partial charge in [-0.15, -0.1) is 11.3 Å². The third-order valence-corrected chi connectivity index (χ3v) is 4.73. The minimum absolute atomic E-state index is 0.00805. The standard InChI is InChI=1S/C15H20IN3S/c1-5-8-17-14-11(16)12(15(2,3)4)18-13(19-14)10-7-6-9-20-10/h6-7,9H,5,8H2,1-4H3,(H,17,18,19). The summed E-state index contributed by atoms with van der Waals surface area (Å²) in [6, 6.07) is 4.11. The maximum atomic E-state index is 4.81. The van der Waals surface area contributed by atoms with Crippen LogP contribution in [0.2, 0.25) is 0 Å². The molecule has 2 heterocycles. The molecule has 0 atom stereocenters. The largest absolute Gasteiger partial charge is 0.369 e. The lowest BCUT2D eigenvalue weighted by Gasteiger charge is -2.22. The summed E-state index contributed by atoms with van der Waals surface area (Å²) in [5.41, 5.74) is 1.11. The van der Waals surface area contributed by atoms with Crippen LogP contribution in [0.1, 0.15) is 39.8 Å². The Morgan fingerprint density at radius 3 is 2.60 bits per heavy atom. The van der Waals surface area contributed by atoms with Gasteiger partial charge in [0.1, 0.15) is 5.82 Å². The number of hydrogen-bond acceptors (Lipinski definition) is 4. The van der Waals surface area contributed by atoms with Crippen LogP contribution >= 0.6 is 33.9 Å². The van der Waals surface area contributed by atoms with E-state index < -0.39 is 0 Å². The van der Waals surface area contributed by atoms with E-state index in [-0.39, 0.29) is 5.41 Å². The lowest BCUT2D eigenvalue weighted by Crippen LogP contribution is -2.19. The maximum Gasteiger partial charge on any atom is 0.171 e. The second-order valence-electron chi connectivity index (χ2n) is 5.71. The van der Waals surface area contributed by atoms with Gasteiger partial charge in [-0.2, -0.15) is 0 Å². The van der Waals surface area contributed by atoms with E-state index in [1.54, 1.807) is 11.3 Å². The van der Waals surface area contributed by atoms with Gasteiger partial charge in [-0.25, -0.2) is 9.97 Å². The van der Waals surface area contributed by atoms with Gasteiger partial charge in [0, 0.05) is 12.0 Å². The molecule has 108 valence electrons. The van der Waals surface area contributed by atoms with Gasteiger partial charge >= 0.3 is 0 Å². The molecule has 0 aliphatic rings. The van der Waals surface area contributed by atoms with E-state index in [9.17, 15) is 0 Å². The molecule has 0 saturated carbocycles. The van der Waals surface area contributed by atoms with Crippen molar-refractivity contribution < 1.29 is 0 Å². The summed E-state index contributed by atoms with van der Waals surface area (Å²) >= 11 is 4.03. The molecule has 0 aromatic carbocycles. The van der Waals surface area contributed by atoms with Crippen molar-refractivity contribution in [1.29, 1.82) is 0 Å². The minimum Gasteiger partial charge on any atom is -0.369 e. The Hall–Kier alpha value is -0.690. The van der Waals surface area contributed by atoms with Gasteiger partial charge in [-0.1, -0.05) is 33.8 Å². The molecule has 3 nitrogen and oxygen atoms in total. The molecule has 5 heteroatoms. The van der Waals surface area contributed by atoms with Crippen LogP contribution in [0.15, 0.2) is 17.5 Å². The smallest absolute Gasteiger partial charge is 0.171 e. The predicted octanol–water partition coefficient (Wildman–Crippen LogP) is 4.93. The van der Waals surface area contributed by atoms with Crippen molar-refractivity contribution in [3.8, 4) is 10.7 Å². The summed E-state index contributed by atoms with van der Waals surface area (Å²) in [6.07, 6.45) is 1.08. The molecular weight excluding hydrogens is 381 g/mol. The Bertz CT molecular complexity index is 574. The van der Waals surface area contributed by atoms with Crippen LogP contribution in [0.4, 0.5) is 5.82 Å². The lowest BCUT2D eigenvalue weighted by molar-refractivity contribution is 0.564. The van der Waals surface area contributed by atoms with E-state index in [0.717, 1.165) is 38.7 Å². The number of aromatic nitrogens is 2. The average molecular weight is 401 g/mol. The zero-order valence-corrected chi connectivity index (χ0v) is 15.3. The van der Waals surface area contributed by atoms with E-state index in [1.807, 2.05) is 6.07 Å². The van der Waals surface area contributed by atoms with Gasteiger partial charge in [-0.05, 0) is 40.5 Å². The number of hydrogen-bond donors (Lipinski definition) is 1. The van der Waals surface area contributed by atoms with Gasteiger partial charge in [0.2, 0.25) is 0 Å². The first-order valence-electron chi connectivity index (χ1n) is 6.79. The summed E-state index contributed by atoms with van der Waals surface area (Å²) in [5, 5.41) is 5.49. The van der Waals surface area contributed by atoms with Crippen LogP contribution in [-0.2, 0) is 5.41 Å². The van der Waals surface area contributed by atoms with E-state index in [2.05, 4.69) is 67.0 Å². The van der Waals surface area contributed by atoms with Crippen molar-refractivity contribution in [3.05, 3.63) is 26.8 Å². The molecule has 0 fully saturated rings. The minimum atomic E-state index is 0.00805. The van der Waals surface area contributed by atoms with Crippen LogP contribution in [0, 0.1) is 3.57 Å². The molecule has 2 aromatic heterocycles. The van der Waals surface area contributed by atoms with Gasteiger partial charge in [0.15, 0.2) is 5.82 Å². The Labute approximate surface area is 138 Å². The van der Waals surface area contributed by atoms with Crippen LogP contribution in [0.3, 0.4) is 0 Å². The molecule has 20 heavy (non-hydrogen) atoms. The van der Waals surface area contributed by atoms with Gasteiger partial charge in [0.05, 0.1) is 14.1 Å². The lowest BCUT2D eigenvalue weighted by atomic mass is 9.92. The second kappa shape index (κ2) is 6.39. The highest BCUT2D eigenvalue weighted by Crippen LogP contribution is 2.32. The molecule has 0 amide bonds. The summed E-state index contributed by atoms with van der Waals surface area (Å²) in [7, 11) is 0. The van der Waals surface area contributed by atoms with Crippen molar-refractivity contribution in [3.63, 3.8) is 0 Å². The Kier molecular flexibility index (Phi) is 5.01. The molecule has 0 aliphatic carbocycles. The number of anilines is 1. The third-order valence-electron chi connectivity index (χ3n) is 2.85. The van der Waals surface area contributed by atoms with Crippen molar-refractivity contribution in [2.24, 2.45) is 0 Å².